The third-order valence-electron chi connectivity index (χ3n) is 4.35. The first-order valence-corrected chi connectivity index (χ1v) is 10.8. The lowest BCUT2D eigenvalue weighted by molar-refractivity contribution is -0.119. The summed E-state index contributed by atoms with van der Waals surface area (Å²) in [4.78, 5) is 23.7. The van der Waals surface area contributed by atoms with E-state index in [1.165, 1.54) is 18.2 Å². The van der Waals surface area contributed by atoms with E-state index in [1.54, 1.807) is 6.07 Å². The molecule has 0 aliphatic heterocycles. The van der Waals surface area contributed by atoms with Crippen LogP contribution >= 0.6 is 0 Å². The maximum absolute atomic E-state index is 13.6. The van der Waals surface area contributed by atoms with E-state index in [-0.39, 0.29) is 17.0 Å². The number of benzene rings is 1. The number of carbonyl (C=O) groups is 2. The van der Waals surface area contributed by atoms with Gasteiger partial charge in [0.15, 0.2) is 0 Å². The molecule has 1 aromatic carbocycles. The Morgan fingerprint density at radius 3 is 2.38 bits per heavy atom. The first kappa shape index (κ1) is 19.9. The first-order valence-electron chi connectivity index (χ1n) is 7.80. The molecule has 1 rings (SSSR count). The summed E-state index contributed by atoms with van der Waals surface area (Å²) in [7, 11) is -1.81. The highest BCUT2D eigenvalue weighted by atomic mass is 28.3. The van der Waals surface area contributed by atoms with Gasteiger partial charge in [0.2, 0.25) is 5.91 Å². The van der Waals surface area contributed by atoms with Crippen LogP contribution in [0.4, 0.5) is 4.39 Å². The lowest BCUT2D eigenvalue weighted by Crippen LogP contribution is -2.44. The molecule has 0 bridgehead atoms. The Labute approximate surface area is 144 Å². The molecule has 0 saturated heterocycles. The fourth-order valence-corrected chi connectivity index (χ4v) is 2.58. The summed E-state index contributed by atoms with van der Waals surface area (Å²) in [6.07, 6.45) is 0.113. The Morgan fingerprint density at radius 1 is 1.29 bits per heavy atom. The van der Waals surface area contributed by atoms with Crippen molar-refractivity contribution in [2.24, 2.45) is 5.73 Å². The van der Waals surface area contributed by atoms with Gasteiger partial charge < -0.3 is 11.1 Å². The number of rotatable bonds is 4. The van der Waals surface area contributed by atoms with Crippen LogP contribution in [0.5, 0.6) is 0 Å². The molecule has 4 nitrogen and oxygen atoms in total. The van der Waals surface area contributed by atoms with Crippen LogP contribution in [-0.2, 0) is 4.79 Å². The Hall–Kier alpha value is -2.13. The van der Waals surface area contributed by atoms with Gasteiger partial charge >= 0.3 is 0 Å². The number of halogens is 1. The van der Waals surface area contributed by atoms with Crippen molar-refractivity contribution in [3.05, 3.63) is 35.6 Å². The molecular formula is C18H25FN2O2Si. The molecule has 0 aliphatic rings. The minimum Gasteiger partial charge on any atom is -0.368 e. The van der Waals surface area contributed by atoms with Gasteiger partial charge in [-0.1, -0.05) is 46.0 Å². The predicted molar refractivity (Wildman–Crippen MR) is 96.4 cm³/mol. The Kier molecular flexibility index (Phi) is 6.33. The lowest BCUT2D eigenvalue weighted by Gasteiger charge is -2.31. The van der Waals surface area contributed by atoms with Crippen LogP contribution in [-0.4, -0.2) is 25.9 Å². The SMILES string of the molecule is CC(C)(C)[Si](C)(C)C#CC[C@H](NC(=O)c1ccccc1F)C(N)=O. The number of hydrogen-bond acceptors (Lipinski definition) is 2. The molecule has 0 aromatic heterocycles. The molecule has 3 N–H and O–H groups in total. The zero-order valence-electron chi connectivity index (χ0n) is 14.9. The molecule has 0 heterocycles. The van der Waals surface area contributed by atoms with Crippen LogP contribution in [0.15, 0.2) is 24.3 Å². The second-order valence-electron chi connectivity index (χ2n) is 7.29. The second-order valence-corrected chi connectivity index (χ2v) is 12.3. The number of primary amides is 1. The Balaban J connectivity index is 2.86. The van der Waals surface area contributed by atoms with Gasteiger partial charge in [0.05, 0.1) is 5.56 Å². The van der Waals surface area contributed by atoms with Gasteiger partial charge in [0.25, 0.3) is 5.91 Å². The Morgan fingerprint density at radius 2 is 1.88 bits per heavy atom. The van der Waals surface area contributed by atoms with Gasteiger partial charge in [-0.05, 0) is 17.2 Å². The normalized spacial score (nSPS) is 12.8. The molecule has 1 atom stereocenters. The van der Waals surface area contributed by atoms with E-state index in [0.29, 0.717) is 0 Å². The second kappa shape index (κ2) is 7.62. The fraction of sp³-hybridized carbons (Fsp3) is 0.444. The molecule has 2 amide bonds. The highest BCUT2D eigenvalue weighted by Crippen LogP contribution is 2.35. The van der Waals surface area contributed by atoms with Crippen molar-refractivity contribution >= 4 is 19.9 Å². The quantitative estimate of drug-likeness (QED) is 0.649. The number of nitrogens with two attached hydrogens (primary N) is 1. The summed E-state index contributed by atoms with van der Waals surface area (Å²) in [5.41, 5.74) is 8.47. The van der Waals surface area contributed by atoms with Crippen molar-refractivity contribution in [2.75, 3.05) is 0 Å². The van der Waals surface area contributed by atoms with Crippen molar-refractivity contribution in [2.45, 2.75) is 51.4 Å². The standard InChI is InChI=1S/C18H25FN2O2Si/c1-18(2,3)24(4,5)12-8-11-15(16(20)22)21-17(23)13-9-6-7-10-14(13)19/h6-7,9-10,15H,11H2,1-5H3,(H2,20,22)(H,21,23)/t15-/m0/s1. The van der Waals surface area contributed by atoms with Gasteiger partial charge in [0.1, 0.15) is 19.9 Å². The van der Waals surface area contributed by atoms with Gasteiger partial charge in [-0.2, -0.15) is 0 Å². The minimum absolute atomic E-state index is 0.0959. The molecule has 0 unspecified atom stereocenters. The molecule has 6 heteroatoms. The van der Waals surface area contributed by atoms with Crippen LogP contribution in [0.1, 0.15) is 37.6 Å². The first-order chi connectivity index (χ1) is 11.0. The Bertz CT molecular complexity index is 684. The molecule has 0 saturated carbocycles. The highest BCUT2D eigenvalue weighted by Gasteiger charge is 2.33. The van der Waals surface area contributed by atoms with Crippen molar-refractivity contribution in [3.8, 4) is 11.5 Å². The summed E-state index contributed by atoms with van der Waals surface area (Å²) < 4.78 is 13.6. The smallest absolute Gasteiger partial charge is 0.254 e. The van der Waals surface area contributed by atoms with E-state index in [9.17, 15) is 14.0 Å². The number of hydrogen-bond donors (Lipinski definition) is 2. The molecule has 0 aliphatic carbocycles. The fourth-order valence-electron chi connectivity index (χ4n) is 1.67. The minimum atomic E-state index is -1.81. The zero-order valence-corrected chi connectivity index (χ0v) is 15.9. The van der Waals surface area contributed by atoms with E-state index in [4.69, 9.17) is 5.73 Å². The summed E-state index contributed by atoms with van der Waals surface area (Å²) in [6.45, 7) is 10.7. The van der Waals surface area contributed by atoms with Crippen molar-refractivity contribution in [1.29, 1.82) is 0 Å². The van der Waals surface area contributed by atoms with Crippen LogP contribution in [0.25, 0.3) is 0 Å². The molecule has 0 radical (unpaired) electrons. The van der Waals surface area contributed by atoms with E-state index in [0.717, 1.165) is 0 Å². The topological polar surface area (TPSA) is 72.2 Å². The van der Waals surface area contributed by atoms with E-state index < -0.39 is 31.7 Å². The average molecular weight is 348 g/mol. The summed E-state index contributed by atoms with van der Waals surface area (Å²) >= 11 is 0. The van der Waals surface area contributed by atoms with Crippen LogP contribution in [0.2, 0.25) is 18.1 Å². The van der Waals surface area contributed by atoms with E-state index >= 15 is 0 Å². The maximum atomic E-state index is 13.6. The average Bonchev–Trinajstić information content (AvgIpc) is 2.45. The van der Waals surface area contributed by atoms with Crippen LogP contribution < -0.4 is 11.1 Å². The van der Waals surface area contributed by atoms with Crippen molar-refractivity contribution in [1.82, 2.24) is 5.32 Å². The van der Waals surface area contributed by atoms with Crippen molar-refractivity contribution < 1.29 is 14.0 Å². The monoisotopic (exact) mass is 348 g/mol. The zero-order chi connectivity index (χ0) is 18.5. The van der Waals surface area contributed by atoms with Crippen LogP contribution in [0, 0.1) is 17.3 Å². The van der Waals surface area contributed by atoms with Gasteiger partial charge in [0, 0.05) is 6.42 Å². The van der Waals surface area contributed by atoms with E-state index in [1.807, 2.05) is 0 Å². The summed E-state index contributed by atoms with van der Waals surface area (Å²) in [6, 6.07) is 4.63. The van der Waals surface area contributed by atoms with Crippen LogP contribution in [0.3, 0.4) is 0 Å². The predicted octanol–water partition coefficient (Wildman–Crippen LogP) is 2.85. The molecule has 0 fully saturated rings. The van der Waals surface area contributed by atoms with Gasteiger partial charge in [-0.25, -0.2) is 4.39 Å². The maximum Gasteiger partial charge on any atom is 0.254 e. The molecular weight excluding hydrogens is 323 g/mol. The summed E-state index contributed by atoms with van der Waals surface area (Å²) in [5, 5.41) is 2.55. The van der Waals surface area contributed by atoms with Crippen molar-refractivity contribution in [3.63, 3.8) is 0 Å². The number of amides is 2. The van der Waals surface area contributed by atoms with E-state index in [2.05, 4.69) is 50.6 Å². The third kappa shape index (κ3) is 5.20. The molecule has 24 heavy (non-hydrogen) atoms. The number of carbonyl (C=O) groups excluding carboxylic acids is 2. The highest BCUT2D eigenvalue weighted by molar-refractivity contribution is 6.87. The largest absolute Gasteiger partial charge is 0.368 e. The number of nitrogens with one attached hydrogen (secondary N) is 1. The summed E-state index contributed by atoms with van der Waals surface area (Å²) in [5.74, 6) is 0.974. The third-order valence-corrected chi connectivity index (χ3v) is 8.90. The molecule has 130 valence electrons. The molecule has 0 spiro atoms. The lowest BCUT2D eigenvalue weighted by atomic mass is 10.1. The molecule has 1 aromatic rings. The van der Waals surface area contributed by atoms with Gasteiger partial charge in [-0.15, -0.1) is 11.5 Å². The van der Waals surface area contributed by atoms with Gasteiger partial charge in [-0.3, -0.25) is 9.59 Å².